The number of rotatable bonds is 11. The predicted molar refractivity (Wildman–Crippen MR) is 141 cm³/mol. The van der Waals surface area contributed by atoms with Crippen molar-refractivity contribution in [1.82, 2.24) is 14.3 Å². The van der Waals surface area contributed by atoms with Crippen LogP contribution in [0.1, 0.15) is 80.1 Å². The molecule has 188 valence electrons. The second-order valence-electron chi connectivity index (χ2n) is 9.64. The lowest BCUT2D eigenvalue weighted by Gasteiger charge is -2.26. The maximum atomic E-state index is 13.0. The summed E-state index contributed by atoms with van der Waals surface area (Å²) in [6.45, 7) is 10.8. The molecule has 0 unspecified atom stereocenters. The van der Waals surface area contributed by atoms with Crippen molar-refractivity contribution in [3.63, 3.8) is 0 Å². The molecule has 1 aliphatic rings. The Labute approximate surface area is 206 Å². The van der Waals surface area contributed by atoms with E-state index in [1.807, 2.05) is 6.92 Å². The number of anilines is 1. The second-order valence-corrected chi connectivity index (χ2v) is 11.7. The largest absolute Gasteiger partial charge is 0.355 e. The van der Waals surface area contributed by atoms with Crippen molar-refractivity contribution in [2.45, 2.75) is 79.1 Å². The third-order valence-corrected chi connectivity index (χ3v) is 8.67. The first-order chi connectivity index (χ1) is 16.3. The normalized spacial score (nSPS) is 15.5. The van der Waals surface area contributed by atoms with Crippen LogP contribution in [-0.2, 0) is 16.4 Å². The van der Waals surface area contributed by atoms with Crippen LogP contribution in [0.15, 0.2) is 24.3 Å². The van der Waals surface area contributed by atoms with Crippen LogP contribution in [-0.4, -0.2) is 54.6 Å². The highest BCUT2D eigenvalue weighted by molar-refractivity contribution is 7.89. The summed E-state index contributed by atoms with van der Waals surface area (Å²) in [4.78, 5) is 11.7. The maximum Gasteiger partial charge on any atom is 0.214 e. The Balaban J connectivity index is 1.68. The van der Waals surface area contributed by atoms with Gasteiger partial charge in [0, 0.05) is 43.9 Å². The van der Waals surface area contributed by atoms with E-state index in [4.69, 9.17) is 4.98 Å². The van der Waals surface area contributed by atoms with Crippen molar-refractivity contribution in [2.75, 3.05) is 36.8 Å². The highest BCUT2D eigenvalue weighted by Crippen LogP contribution is 2.26. The van der Waals surface area contributed by atoms with E-state index in [1.165, 1.54) is 30.4 Å². The average molecular weight is 487 g/mol. The minimum absolute atomic E-state index is 0.267. The fourth-order valence-electron chi connectivity index (χ4n) is 4.67. The molecule has 0 N–H and O–H groups in total. The van der Waals surface area contributed by atoms with Crippen LogP contribution in [0.4, 0.5) is 5.82 Å². The van der Waals surface area contributed by atoms with E-state index in [0.29, 0.717) is 19.6 Å². The highest BCUT2D eigenvalue weighted by Gasteiger charge is 2.26. The van der Waals surface area contributed by atoms with Crippen LogP contribution in [0.25, 0.3) is 0 Å². The van der Waals surface area contributed by atoms with Crippen LogP contribution in [0.5, 0.6) is 0 Å². The number of unbranched alkanes of at least 4 members (excludes halogenated alkanes) is 5. The fraction of sp³-hybridized carbons (Fsp3) is 0.630. The van der Waals surface area contributed by atoms with Gasteiger partial charge in [-0.2, -0.15) is 0 Å². The quantitative estimate of drug-likeness (QED) is 0.409. The molecule has 7 heteroatoms. The lowest BCUT2D eigenvalue weighted by molar-refractivity contribution is 0.431. The van der Waals surface area contributed by atoms with Gasteiger partial charge in [-0.3, -0.25) is 0 Å². The van der Waals surface area contributed by atoms with Crippen molar-refractivity contribution in [3.05, 3.63) is 52.5 Å². The Hall–Kier alpha value is -1.99. The minimum Gasteiger partial charge on any atom is -0.355 e. The van der Waals surface area contributed by atoms with Crippen LogP contribution in [0, 0.1) is 20.8 Å². The van der Waals surface area contributed by atoms with Gasteiger partial charge in [0.05, 0.1) is 5.75 Å². The summed E-state index contributed by atoms with van der Waals surface area (Å²) in [5, 5.41) is 0. The number of sulfonamides is 1. The molecule has 1 aliphatic heterocycles. The van der Waals surface area contributed by atoms with Crippen LogP contribution < -0.4 is 4.90 Å². The zero-order chi connectivity index (χ0) is 24.6. The van der Waals surface area contributed by atoms with Gasteiger partial charge in [0.1, 0.15) is 11.6 Å². The molecule has 1 aromatic heterocycles. The summed E-state index contributed by atoms with van der Waals surface area (Å²) >= 11 is 0. The molecule has 2 aromatic rings. The highest BCUT2D eigenvalue weighted by atomic mass is 32.2. The molecule has 2 heterocycles. The zero-order valence-electron chi connectivity index (χ0n) is 21.5. The lowest BCUT2D eigenvalue weighted by Crippen LogP contribution is -2.37. The molecule has 6 nitrogen and oxygen atoms in total. The molecular weight excluding hydrogens is 444 g/mol. The fourth-order valence-corrected chi connectivity index (χ4v) is 6.27. The summed E-state index contributed by atoms with van der Waals surface area (Å²) in [5.41, 5.74) is 4.62. The SMILES string of the molecule is CCCCCCCCS(=O)(=O)N1CCCN(c2nc(C)nc(C)c2Cc2ccc(C)cc2)CC1. The summed E-state index contributed by atoms with van der Waals surface area (Å²) < 4.78 is 27.7. The van der Waals surface area contributed by atoms with Gasteiger partial charge in [0.25, 0.3) is 0 Å². The molecule has 0 saturated carbocycles. The topological polar surface area (TPSA) is 66.4 Å². The summed E-state index contributed by atoms with van der Waals surface area (Å²) in [6.07, 6.45) is 8.13. The van der Waals surface area contributed by atoms with Gasteiger partial charge < -0.3 is 4.90 Å². The first-order valence-electron chi connectivity index (χ1n) is 12.9. The Morgan fingerprint density at radius 1 is 0.853 bits per heavy atom. The van der Waals surface area contributed by atoms with Crippen LogP contribution in [0.3, 0.4) is 0 Å². The molecule has 0 atom stereocenters. The Morgan fingerprint density at radius 2 is 1.56 bits per heavy atom. The molecule has 0 aliphatic carbocycles. The molecule has 0 amide bonds. The monoisotopic (exact) mass is 486 g/mol. The molecule has 1 fully saturated rings. The smallest absolute Gasteiger partial charge is 0.214 e. The van der Waals surface area contributed by atoms with Crippen molar-refractivity contribution in [3.8, 4) is 0 Å². The minimum atomic E-state index is -3.21. The van der Waals surface area contributed by atoms with Crippen LogP contribution >= 0.6 is 0 Å². The average Bonchev–Trinajstić information content (AvgIpc) is 3.06. The first-order valence-corrected chi connectivity index (χ1v) is 14.5. The number of benzene rings is 1. The Kier molecular flexibility index (Phi) is 9.89. The van der Waals surface area contributed by atoms with Crippen molar-refractivity contribution in [1.29, 1.82) is 0 Å². The number of hydrogen-bond acceptors (Lipinski definition) is 5. The molecule has 1 saturated heterocycles. The summed E-state index contributed by atoms with van der Waals surface area (Å²) in [6, 6.07) is 8.60. The number of aromatic nitrogens is 2. The molecule has 0 spiro atoms. The maximum absolute atomic E-state index is 13.0. The van der Waals surface area contributed by atoms with Gasteiger partial charge >= 0.3 is 0 Å². The van der Waals surface area contributed by atoms with E-state index in [-0.39, 0.29) is 5.75 Å². The third-order valence-electron chi connectivity index (χ3n) is 6.71. The third kappa shape index (κ3) is 7.51. The molecule has 0 radical (unpaired) electrons. The molecule has 1 aromatic carbocycles. The van der Waals surface area contributed by atoms with E-state index in [0.717, 1.165) is 61.5 Å². The Morgan fingerprint density at radius 3 is 2.29 bits per heavy atom. The van der Waals surface area contributed by atoms with Crippen molar-refractivity contribution >= 4 is 15.8 Å². The standard InChI is InChI=1S/C27H42N4O2S/c1-5-6-7-8-9-10-20-34(32,33)31-17-11-16-30(18-19-31)27-26(23(3)28-24(4)29-27)21-25-14-12-22(2)13-15-25/h12-15H,5-11,16-21H2,1-4H3. The van der Waals surface area contributed by atoms with Gasteiger partial charge in [-0.1, -0.05) is 68.9 Å². The number of nitrogens with zero attached hydrogens (tertiary/aromatic N) is 4. The van der Waals surface area contributed by atoms with Gasteiger partial charge in [-0.15, -0.1) is 0 Å². The lowest BCUT2D eigenvalue weighted by atomic mass is 10.0. The van der Waals surface area contributed by atoms with E-state index in [2.05, 4.69) is 54.9 Å². The molecule has 34 heavy (non-hydrogen) atoms. The molecule has 0 bridgehead atoms. The first kappa shape index (κ1) is 26.6. The van der Waals surface area contributed by atoms with Crippen LogP contribution in [0.2, 0.25) is 0 Å². The van der Waals surface area contributed by atoms with E-state index in [9.17, 15) is 8.42 Å². The van der Waals surface area contributed by atoms with Gasteiger partial charge in [0.2, 0.25) is 10.0 Å². The van der Waals surface area contributed by atoms with Crippen molar-refractivity contribution < 1.29 is 8.42 Å². The number of hydrogen-bond donors (Lipinski definition) is 0. The van der Waals surface area contributed by atoms with E-state index in [1.54, 1.807) is 4.31 Å². The Bertz CT molecular complexity index is 1020. The molecule has 3 rings (SSSR count). The van der Waals surface area contributed by atoms with E-state index >= 15 is 0 Å². The predicted octanol–water partition coefficient (Wildman–Crippen LogP) is 5.20. The molecular formula is C27H42N4O2S. The van der Waals surface area contributed by atoms with Gasteiger partial charge in [0.15, 0.2) is 0 Å². The second kappa shape index (κ2) is 12.6. The number of aryl methyl sites for hydroxylation is 3. The summed E-state index contributed by atoms with van der Waals surface area (Å²) in [7, 11) is -3.21. The zero-order valence-corrected chi connectivity index (χ0v) is 22.3. The van der Waals surface area contributed by atoms with Gasteiger partial charge in [-0.25, -0.2) is 22.7 Å². The van der Waals surface area contributed by atoms with E-state index < -0.39 is 10.0 Å². The van der Waals surface area contributed by atoms with Crippen molar-refractivity contribution in [2.24, 2.45) is 0 Å². The van der Waals surface area contributed by atoms with Gasteiger partial charge in [-0.05, 0) is 39.2 Å². The summed E-state index contributed by atoms with van der Waals surface area (Å²) in [5.74, 6) is 1.99.